The van der Waals surface area contributed by atoms with E-state index in [-0.39, 0.29) is 34.3 Å². The fraction of sp³-hybridized carbons (Fsp3) is 0.231. The van der Waals surface area contributed by atoms with Gasteiger partial charge in [0.2, 0.25) is 5.88 Å². The van der Waals surface area contributed by atoms with Crippen LogP contribution in [0, 0.1) is 19.7 Å². The molecule has 4 aromatic rings. The summed E-state index contributed by atoms with van der Waals surface area (Å²) in [6, 6.07) is 11.4. The minimum absolute atomic E-state index is 0.135. The summed E-state index contributed by atoms with van der Waals surface area (Å²) in [7, 11) is 0. The van der Waals surface area contributed by atoms with E-state index in [1.165, 1.54) is 16.7 Å². The van der Waals surface area contributed by atoms with Crippen molar-refractivity contribution in [3.05, 3.63) is 97.1 Å². The van der Waals surface area contributed by atoms with Crippen LogP contribution in [0.25, 0.3) is 16.9 Å². The molecule has 9 heteroatoms. The van der Waals surface area contributed by atoms with Gasteiger partial charge in [-0.25, -0.2) is 14.4 Å². The Labute approximate surface area is 215 Å². The Kier molecular flexibility index (Phi) is 7.33. The molecule has 0 atom stereocenters. The highest BCUT2D eigenvalue weighted by Gasteiger charge is 2.19. The molecular weight excluding hydrogens is 535 g/mol. The third kappa shape index (κ3) is 5.28. The Hall–Kier alpha value is -3.10. The van der Waals surface area contributed by atoms with E-state index in [9.17, 15) is 9.18 Å². The monoisotopic (exact) mass is 556 g/mol. The Balaban J connectivity index is 1.74. The van der Waals surface area contributed by atoms with Gasteiger partial charge in [0.15, 0.2) is 0 Å². The molecule has 0 aliphatic carbocycles. The van der Waals surface area contributed by atoms with Gasteiger partial charge < -0.3 is 4.74 Å². The maximum Gasteiger partial charge on any atom is 0.276 e. The molecule has 2 heterocycles. The third-order valence-corrected chi connectivity index (χ3v) is 6.42. The van der Waals surface area contributed by atoms with Crippen molar-refractivity contribution in [1.29, 1.82) is 0 Å². The molecule has 4 rings (SSSR count). The lowest BCUT2D eigenvalue weighted by atomic mass is 10.1. The molecule has 0 fully saturated rings. The average molecular weight is 558 g/mol. The molecule has 0 aliphatic heterocycles. The maximum atomic E-state index is 13.3. The van der Waals surface area contributed by atoms with Crippen molar-refractivity contribution in [3.63, 3.8) is 0 Å². The van der Waals surface area contributed by atoms with Crippen molar-refractivity contribution in [3.8, 4) is 22.8 Å². The first-order valence-electron chi connectivity index (χ1n) is 11.0. The highest BCUT2D eigenvalue weighted by atomic mass is 79.9. The van der Waals surface area contributed by atoms with Crippen LogP contribution in [0.3, 0.4) is 0 Å². The molecule has 2 aromatic carbocycles. The van der Waals surface area contributed by atoms with Gasteiger partial charge in [-0.2, -0.15) is 4.98 Å². The molecule has 0 amide bonds. The Morgan fingerprint density at radius 1 is 1.11 bits per heavy atom. The summed E-state index contributed by atoms with van der Waals surface area (Å²) in [5, 5.41) is 0.392. The normalized spacial score (nSPS) is 11.2. The zero-order chi connectivity index (χ0) is 25.3. The van der Waals surface area contributed by atoms with Crippen LogP contribution in [0.1, 0.15) is 42.5 Å². The Bertz CT molecular complexity index is 1460. The molecule has 0 aliphatic rings. The minimum atomic E-state index is -0.368. The zero-order valence-electron chi connectivity index (χ0n) is 19.6. The Morgan fingerprint density at radius 3 is 2.51 bits per heavy atom. The van der Waals surface area contributed by atoms with E-state index in [4.69, 9.17) is 21.3 Å². The standard InChI is InChI=1S/C26H23BrClFN4O2/c1-14(2)24-30-12-15(3)23(32-24)18-7-10-20(28)21(11-18)33-16(4)31-25(22(27)26(33)34)35-13-17-5-8-19(29)9-6-17/h5-12,14H,13H2,1-4H3. The second-order valence-electron chi connectivity index (χ2n) is 8.41. The number of benzene rings is 2. The van der Waals surface area contributed by atoms with Crippen molar-refractivity contribution in [2.45, 2.75) is 40.2 Å². The molecule has 0 unspecified atom stereocenters. The summed E-state index contributed by atoms with van der Waals surface area (Å²) in [6.45, 7) is 7.85. The maximum absolute atomic E-state index is 13.3. The van der Waals surface area contributed by atoms with Crippen LogP contribution in [-0.2, 0) is 6.61 Å². The number of halogens is 3. The first kappa shape index (κ1) is 25.0. The minimum Gasteiger partial charge on any atom is -0.472 e. The molecule has 0 bridgehead atoms. The van der Waals surface area contributed by atoms with Crippen LogP contribution < -0.4 is 10.3 Å². The van der Waals surface area contributed by atoms with Crippen LogP contribution >= 0.6 is 27.5 Å². The third-order valence-electron chi connectivity index (χ3n) is 5.42. The number of nitrogens with zero attached hydrogens (tertiary/aromatic N) is 4. The fourth-order valence-corrected chi connectivity index (χ4v) is 4.13. The second kappa shape index (κ2) is 10.3. The van der Waals surface area contributed by atoms with Gasteiger partial charge in [-0.05, 0) is 65.2 Å². The van der Waals surface area contributed by atoms with E-state index < -0.39 is 0 Å². The molecule has 0 N–H and O–H groups in total. The van der Waals surface area contributed by atoms with Crippen molar-refractivity contribution in [2.75, 3.05) is 0 Å². The largest absolute Gasteiger partial charge is 0.472 e. The molecule has 180 valence electrons. The lowest BCUT2D eigenvalue weighted by molar-refractivity contribution is 0.289. The molecule has 0 spiro atoms. The molecular formula is C26H23BrClFN4O2. The number of aromatic nitrogens is 4. The van der Waals surface area contributed by atoms with E-state index in [0.717, 1.165) is 28.2 Å². The van der Waals surface area contributed by atoms with Crippen molar-refractivity contribution in [2.24, 2.45) is 0 Å². The smallest absolute Gasteiger partial charge is 0.276 e. The zero-order valence-corrected chi connectivity index (χ0v) is 22.0. The Morgan fingerprint density at radius 2 is 1.83 bits per heavy atom. The van der Waals surface area contributed by atoms with Gasteiger partial charge in [-0.1, -0.05) is 43.6 Å². The van der Waals surface area contributed by atoms with Gasteiger partial charge in [-0.15, -0.1) is 0 Å². The van der Waals surface area contributed by atoms with Gasteiger partial charge in [0.05, 0.1) is 16.4 Å². The van der Waals surface area contributed by atoms with Gasteiger partial charge in [0, 0.05) is 17.7 Å². The number of rotatable bonds is 6. The second-order valence-corrected chi connectivity index (χ2v) is 9.61. The molecule has 0 saturated carbocycles. The summed E-state index contributed by atoms with van der Waals surface area (Å²) >= 11 is 9.86. The highest BCUT2D eigenvalue weighted by molar-refractivity contribution is 9.10. The fourth-order valence-electron chi connectivity index (χ4n) is 3.55. The van der Waals surface area contributed by atoms with E-state index in [2.05, 4.69) is 25.9 Å². The summed E-state index contributed by atoms with van der Waals surface area (Å²) < 4.78 is 20.5. The topological polar surface area (TPSA) is 69.9 Å². The highest BCUT2D eigenvalue weighted by Crippen LogP contribution is 2.30. The summed E-state index contributed by atoms with van der Waals surface area (Å²) in [5.74, 6) is 1.13. The van der Waals surface area contributed by atoms with Crippen molar-refractivity contribution >= 4 is 27.5 Å². The van der Waals surface area contributed by atoms with Crippen LogP contribution in [0.15, 0.2) is 57.9 Å². The van der Waals surface area contributed by atoms with E-state index in [1.54, 1.807) is 31.3 Å². The lowest BCUT2D eigenvalue weighted by Gasteiger charge is -2.16. The number of ether oxygens (including phenoxy) is 1. The predicted octanol–water partition coefficient (Wildman–Crippen LogP) is 6.56. The average Bonchev–Trinajstić information content (AvgIpc) is 2.83. The van der Waals surface area contributed by atoms with Gasteiger partial charge >= 0.3 is 0 Å². The summed E-state index contributed by atoms with van der Waals surface area (Å²) in [5.41, 5.74) is 3.36. The molecule has 2 aromatic heterocycles. The summed E-state index contributed by atoms with van der Waals surface area (Å²) in [4.78, 5) is 27.0. The van der Waals surface area contributed by atoms with E-state index >= 15 is 0 Å². The molecule has 35 heavy (non-hydrogen) atoms. The van der Waals surface area contributed by atoms with Gasteiger partial charge in [-0.3, -0.25) is 9.36 Å². The first-order chi connectivity index (χ1) is 16.7. The van der Waals surface area contributed by atoms with Crippen molar-refractivity contribution in [1.82, 2.24) is 19.5 Å². The lowest BCUT2D eigenvalue weighted by Crippen LogP contribution is -2.24. The molecule has 0 saturated heterocycles. The predicted molar refractivity (Wildman–Crippen MR) is 138 cm³/mol. The number of hydrogen-bond donors (Lipinski definition) is 0. The van der Waals surface area contributed by atoms with E-state index in [1.807, 2.05) is 32.9 Å². The van der Waals surface area contributed by atoms with Crippen LogP contribution in [0.5, 0.6) is 5.88 Å². The van der Waals surface area contributed by atoms with Crippen molar-refractivity contribution < 1.29 is 9.13 Å². The van der Waals surface area contributed by atoms with Gasteiger partial charge in [0.1, 0.15) is 28.5 Å². The number of hydrogen-bond acceptors (Lipinski definition) is 5. The van der Waals surface area contributed by atoms with Crippen LogP contribution in [-0.4, -0.2) is 19.5 Å². The molecule has 6 nitrogen and oxygen atoms in total. The first-order valence-corrected chi connectivity index (χ1v) is 12.1. The summed E-state index contributed by atoms with van der Waals surface area (Å²) in [6.07, 6.45) is 1.80. The van der Waals surface area contributed by atoms with Crippen LogP contribution in [0.2, 0.25) is 5.02 Å². The molecule has 0 radical (unpaired) electrons. The number of aryl methyl sites for hydroxylation is 2. The quantitative estimate of drug-likeness (QED) is 0.268. The SMILES string of the molecule is Cc1cnc(C(C)C)nc1-c1ccc(Cl)c(-n2c(C)nc(OCc3ccc(F)cc3)c(Br)c2=O)c1. The van der Waals surface area contributed by atoms with E-state index in [0.29, 0.717) is 16.5 Å². The van der Waals surface area contributed by atoms with Gasteiger partial charge in [0.25, 0.3) is 5.56 Å². The van der Waals surface area contributed by atoms with Crippen LogP contribution in [0.4, 0.5) is 4.39 Å².